The summed E-state index contributed by atoms with van der Waals surface area (Å²) in [4.78, 5) is 88.4. The number of aryl methyl sites for hydroxylation is 2. The normalized spacial score (nSPS) is 16.7. The molecule has 0 spiro atoms. The van der Waals surface area contributed by atoms with Crippen molar-refractivity contribution in [3.63, 3.8) is 0 Å². The minimum absolute atomic E-state index is 0.0270. The van der Waals surface area contributed by atoms with Gasteiger partial charge in [-0.3, -0.25) is 24.0 Å². The quantitative estimate of drug-likeness (QED) is 0.0539. The SMILES string of the molecule is CNC(=O)COc1cc2cc(Nc3nc(N4CCC(Cc5cn(CCOCCOCC(=O)N[C@H](C(=O)N6C[C@H](O)C[C@H]6C(=O)N[C@@H](C)c6ccc(-c7scnc7C)cc6)C(C)(C)C)cn5)CC4)ncc3Cl)ccc2n(C)c1=O. The number of benzene rings is 2. The van der Waals surface area contributed by atoms with Crippen LogP contribution >= 0.6 is 22.9 Å². The fourth-order valence-electron chi connectivity index (χ4n) is 9.62. The Labute approximate surface area is 462 Å². The number of nitrogens with zero attached hydrogens (tertiary/aromatic N) is 8. The summed E-state index contributed by atoms with van der Waals surface area (Å²) in [5, 5.41) is 23.4. The van der Waals surface area contributed by atoms with Gasteiger partial charge in [-0.2, -0.15) is 4.98 Å². The third kappa shape index (κ3) is 14.4. The molecule has 0 unspecified atom stereocenters. The molecule has 21 nitrogen and oxygen atoms in total. The molecule has 0 bridgehead atoms. The minimum Gasteiger partial charge on any atom is -0.478 e. The average molecular weight is 1110 g/mol. The number of aromatic nitrogens is 6. The lowest BCUT2D eigenvalue weighted by atomic mass is 9.85. The number of anilines is 3. The number of rotatable bonds is 22. The first-order chi connectivity index (χ1) is 37.3. The average Bonchev–Trinajstić information content (AvgIpc) is 4.19. The fraction of sp³-hybridized carbons (Fsp3) is 0.473. The summed E-state index contributed by atoms with van der Waals surface area (Å²) < 4.78 is 20.4. The Kier molecular flexibility index (Phi) is 18.8. The zero-order valence-corrected chi connectivity index (χ0v) is 46.7. The van der Waals surface area contributed by atoms with E-state index in [4.69, 9.17) is 30.8 Å². The zero-order chi connectivity index (χ0) is 55.7. The molecule has 2 aliphatic heterocycles. The number of imidazole rings is 1. The summed E-state index contributed by atoms with van der Waals surface area (Å²) in [7, 11) is 3.15. The Bertz CT molecular complexity index is 3130. The van der Waals surface area contributed by atoms with Crippen molar-refractivity contribution in [3.8, 4) is 16.2 Å². The Balaban J connectivity index is 0.732. The monoisotopic (exact) mass is 1110 g/mol. The van der Waals surface area contributed by atoms with Gasteiger partial charge in [0.25, 0.3) is 11.5 Å². The van der Waals surface area contributed by atoms with Crippen LogP contribution in [0.5, 0.6) is 5.75 Å². The number of carbonyl (C=O) groups excluding carboxylic acids is 4. The van der Waals surface area contributed by atoms with Gasteiger partial charge in [-0.1, -0.05) is 56.6 Å². The van der Waals surface area contributed by atoms with Crippen molar-refractivity contribution in [1.82, 2.24) is 49.9 Å². The molecule has 0 radical (unpaired) electrons. The summed E-state index contributed by atoms with van der Waals surface area (Å²) in [6.07, 6.45) is 7.31. The first-order valence-corrected chi connectivity index (χ1v) is 27.4. The molecule has 5 N–H and O–H groups in total. The van der Waals surface area contributed by atoms with E-state index in [1.807, 2.05) is 93.4 Å². The Morgan fingerprint density at radius 2 is 1.71 bits per heavy atom. The van der Waals surface area contributed by atoms with E-state index in [1.54, 1.807) is 37.0 Å². The van der Waals surface area contributed by atoms with Crippen molar-refractivity contribution in [2.45, 2.75) is 91.1 Å². The molecule has 2 aromatic carbocycles. The van der Waals surface area contributed by atoms with Crippen LogP contribution in [0.1, 0.15) is 70.0 Å². The van der Waals surface area contributed by atoms with Gasteiger partial charge >= 0.3 is 0 Å². The molecule has 2 fully saturated rings. The summed E-state index contributed by atoms with van der Waals surface area (Å²) in [5.74, 6) is -0.151. The van der Waals surface area contributed by atoms with E-state index >= 15 is 0 Å². The van der Waals surface area contributed by atoms with Gasteiger partial charge in [-0.15, -0.1) is 11.3 Å². The Morgan fingerprint density at radius 3 is 2.42 bits per heavy atom. The highest BCUT2D eigenvalue weighted by Crippen LogP contribution is 2.32. The number of aliphatic hydroxyl groups excluding tert-OH is 1. The lowest BCUT2D eigenvalue weighted by Gasteiger charge is -2.35. The summed E-state index contributed by atoms with van der Waals surface area (Å²) >= 11 is 8.14. The number of hydrogen-bond donors (Lipinski definition) is 5. The molecule has 4 amide bonds. The van der Waals surface area contributed by atoms with Gasteiger partial charge in [-0.25, -0.2) is 15.0 Å². The van der Waals surface area contributed by atoms with Gasteiger partial charge in [0, 0.05) is 64.0 Å². The van der Waals surface area contributed by atoms with Crippen molar-refractivity contribution < 1.29 is 38.5 Å². The number of likely N-dealkylation sites (tertiary alicyclic amines) is 1. The van der Waals surface area contributed by atoms with E-state index in [9.17, 15) is 29.1 Å². The highest BCUT2D eigenvalue weighted by molar-refractivity contribution is 7.13. The number of likely N-dealkylation sites (N-methyl/N-ethyl adjacent to an activating group) is 1. The highest BCUT2D eigenvalue weighted by Gasteiger charge is 2.45. The number of hydrogen-bond acceptors (Lipinski definition) is 16. The van der Waals surface area contributed by atoms with Crippen LogP contribution in [0.3, 0.4) is 0 Å². The van der Waals surface area contributed by atoms with Crippen LogP contribution in [0.25, 0.3) is 21.3 Å². The van der Waals surface area contributed by atoms with Crippen molar-refractivity contribution in [2.24, 2.45) is 18.4 Å². The van der Waals surface area contributed by atoms with Crippen LogP contribution in [0.4, 0.5) is 17.5 Å². The van der Waals surface area contributed by atoms with Crippen molar-refractivity contribution in [1.29, 1.82) is 0 Å². The number of ether oxygens (including phenoxy) is 3. The summed E-state index contributed by atoms with van der Waals surface area (Å²) in [6.45, 7) is 11.7. The molecule has 8 rings (SSSR count). The molecule has 2 saturated heterocycles. The van der Waals surface area contributed by atoms with Crippen LogP contribution in [-0.4, -0.2) is 141 Å². The number of pyridine rings is 1. The predicted molar refractivity (Wildman–Crippen MR) is 298 cm³/mol. The number of carbonyl (C=O) groups is 4. The molecule has 0 aliphatic carbocycles. The summed E-state index contributed by atoms with van der Waals surface area (Å²) in [6, 6.07) is 12.8. The second kappa shape index (κ2) is 25.7. The largest absolute Gasteiger partial charge is 0.478 e. The summed E-state index contributed by atoms with van der Waals surface area (Å²) in [5.41, 5.74) is 6.02. The molecule has 0 saturated carbocycles. The smallest absolute Gasteiger partial charge is 0.293 e. The van der Waals surface area contributed by atoms with E-state index in [2.05, 4.69) is 41.1 Å². The number of β-amino-alcohol motifs (C(OH)–C–C–N with tert-alkyl or cyclic N) is 1. The number of piperidine rings is 1. The molecular weight excluding hydrogens is 1040 g/mol. The minimum atomic E-state index is -0.980. The van der Waals surface area contributed by atoms with E-state index in [0.717, 1.165) is 65.1 Å². The third-order valence-electron chi connectivity index (χ3n) is 14.1. The second-order valence-electron chi connectivity index (χ2n) is 20.9. The lowest BCUT2D eigenvalue weighted by molar-refractivity contribution is -0.144. The van der Waals surface area contributed by atoms with E-state index in [1.165, 1.54) is 16.5 Å². The number of halogens is 1. The number of fused-ring (bicyclic) bond motifs is 1. The van der Waals surface area contributed by atoms with Crippen molar-refractivity contribution >= 4 is 74.9 Å². The first-order valence-electron chi connectivity index (χ1n) is 26.1. The lowest BCUT2D eigenvalue weighted by Crippen LogP contribution is -2.58. The van der Waals surface area contributed by atoms with Gasteiger partial charge < -0.3 is 59.5 Å². The number of thiazole rings is 1. The molecular formula is C55H69ClN12O9S. The maximum absolute atomic E-state index is 14.1. The molecule has 78 heavy (non-hydrogen) atoms. The van der Waals surface area contributed by atoms with Crippen molar-refractivity contribution in [2.75, 3.05) is 69.9 Å². The van der Waals surface area contributed by atoms with Crippen LogP contribution in [0.2, 0.25) is 5.02 Å². The number of nitrogens with one attached hydrogen (secondary N) is 4. The molecule has 4 aromatic heterocycles. The fourth-order valence-corrected chi connectivity index (χ4v) is 10.6. The van der Waals surface area contributed by atoms with Crippen LogP contribution in [-0.2, 0) is 48.7 Å². The van der Waals surface area contributed by atoms with Crippen LogP contribution in [0.15, 0.2) is 77.6 Å². The molecule has 6 heterocycles. The number of amides is 4. The molecule has 23 heteroatoms. The molecule has 2 aliphatic rings. The Morgan fingerprint density at radius 1 is 0.949 bits per heavy atom. The Hall–Kier alpha value is -6.98. The molecule has 4 atom stereocenters. The first kappa shape index (κ1) is 57.2. The molecule has 416 valence electrons. The highest BCUT2D eigenvalue weighted by atomic mass is 35.5. The third-order valence-corrected chi connectivity index (χ3v) is 15.3. The maximum atomic E-state index is 14.1. The topological polar surface area (TPSA) is 249 Å². The van der Waals surface area contributed by atoms with Gasteiger partial charge in [0.15, 0.2) is 18.2 Å². The van der Waals surface area contributed by atoms with Gasteiger partial charge in [0.1, 0.15) is 23.7 Å². The van der Waals surface area contributed by atoms with E-state index in [-0.39, 0.29) is 68.6 Å². The maximum Gasteiger partial charge on any atom is 0.293 e. The van der Waals surface area contributed by atoms with Crippen LogP contribution < -0.4 is 36.5 Å². The van der Waals surface area contributed by atoms with Gasteiger partial charge in [0.2, 0.25) is 23.7 Å². The zero-order valence-electron chi connectivity index (χ0n) is 45.1. The van der Waals surface area contributed by atoms with Crippen LogP contribution in [0, 0.1) is 18.3 Å². The second-order valence-corrected chi connectivity index (χ2v) is 22.1. The standard InChI is InChI=1S/C55H69ClN12O9S/c1-33(36-8-10-37(11-9-36)48-34(2)60-32-78-48)61-51(72)44-25-41(69)28-68(44)53(74)49(55(3,4)5)63-47(71)29-76-21-20-75-19-18-66-27-40(59-31-66)22-35-14-16-67(17-15-35)54-58-26-42(56)50(64-54)62-39-12-13-43-38(23-39)24-45(52(73)65(43)7)77-30-46(70)57-6/h8-13,23-24,26-27,31-33,35,41,44,49,69H,14-22,25,28-30H2,1-7H3,(H,57,70)(H,61,72)(H,63,71)(H,58,62,64)/t33-,41+,44-,49+/m0/s1. The predicted octanol–water partition coefficient (Wildman–Crippen LogP) is 5.34. The number of aliphatic hydroxyl groups is 1. The van der Waals surface area contributed by atoms with Gasteiger partial charge in [0.05, 0.1) is 71.8 Å². The van der Waals surface area contributed by atoms with E-state index in [0.29, 0.717) is 47.1 Å². The molecule has 6 aromatic rings. The van der Waals surface area contributed by atoms with Crippen molar-refractivity contribution in [3.05, 3.63) is 105 Å². The van der Waals surface area contributed by atoms with Gasteiger partial charge in [-0.05, 0) is 79.8 Å². The van der Waals surface area contributed by atoms with E-state index < -0.39 is 35.4 Å².